The highest BCUT2D eigenvalue weighted by Gasteiger charge is 1.61. The van der Waals surface area contributed by atoms with Gasteiger partial charge in [-0.05, 0) is 0 Å². The quantitative estimate of drug-likeness (QED) is 0.514. The van der Waals surface area contributed by atoms with E-state index in [2.05, 4.69) is 8.75 Å². The van der Waals surface area contributed by atoms with Crippen molar-refractivity contribution in [1.29, 1.82) is 0 Å². The second-order valence-electron chi connectivity index (χ2n) is 0.591. The zero-order valence-corrected chi connectivity index (χ0v) is 5.27. The minimum absolute atomic E-state index is 1.21. The summed E-state index contributed by atoms with van der Waals surface area (Å²) < 4.78 is 7.31. The van der Waals surface area contributed by atoms with E-state index < -0.39 is 0 Å². The predicted octanol–water partition coefficient (Wildman–Crippen LogP) is 1.56. The summed E-state index contributed by atoms with van der Waals surface area (Å²) in [4.78, 5) is 0. The van der Waals surface area contributed by atoms with Crippen LogP contribution in [0, 0.1) is 0 Å². The van der Waals surface area contributed by atoms with Crippen LogP contribution in [-0.4, -0.2) is 8.75 Å². The van der Waals surface area contributed by atoms with Gasteiger partial charge in [-0.25, -0.2) is 0 Å². The van der Waals surface area contributed by atoms with Crippen LogP contribution in [-0.2, 0) is 0 Å². The maximum atomic E-state index is 3.65. The molecule has 0 atom stereocenters. The highest BCUT2D eigenvalue weighted by atomic mass is 32.1. The van der Waals surface area contributed by atoms with Crippen molar-refractivity contribution >= 4 is 11.7 Å². The first kappa shape index (κ1) is 6.56. The van der Waals surface area contributed by atoms with Crippen LogP contribution in [0.25, 0.3) is 0 Å². The third-order valence-corrected chi connectivity index (χ3v) is 0.715. The molecule has 2 nitrogen and oxygen atoms in total. The summed E-state index contributed by atoms with van der Waals surface area (Å²) in [5, 5.41) is 0. The van der Waals surface area contributed by atoms with Crippen molar-refractivity contribution in [3.05, 3.63) is 12.4 Å². The van der Waals surface area contributed by atoms with Gasteiger partial charge < -0.3 is 0 Å². The van der Waals surface area contributed by atoms with E-state index >= 15 is 0 Å². The Kier molecular flexibility index (Phi) is 5.21. The normalized spacial score (nSPS) is 6.57. The summed E-state index contributed by atoms with van der Waals surface area (Å²) in [5.74, 6) is 0. The topological polar surface area (TPSA) is 25.8 Å². The molecular weight excluding hydrogens is 108 g/mol. The summed E-state index contributed by atoms with van der Waals surface area (Å²) in [5.41, 5.74) is 0. The molecule has 0 radical (unpaired) electrons. The van der Waals surface area contributed by atoms with E-state index in [9.17, 15) is 0 Å². The summed E-state index contributed by atoms with van der Waals surface area (Å²) in [7, 11) is 0. The van der Waals surface area contributed by atoms with Gasteiger partial charge in [0.25, 0.3) is 0 Å². The van der Waals surface area contributed by atoms with E-state index in [0.717, 1.165) is 0 Å². The van der Waals surface area contributed by atoms with Crippen molar-refractivity contribution in [2.45, 2.75) is 13.8 Å². The highest BCUT2D eigenvalue weighted by Crippen LogP contribution is 1.74. The minimum atomic E-state index is 1.21. The maximum absolute atomic E-state index is 3.65. The van der Waals surface area contributed by atoms with Gasteiger partial charge in [0.15, 0.2) is 0 Å². The molecule has 7 heavy (non-hydrogen) atoms. The van der Waals surface area contributed by atoms with Crippen LogP contribution in [0.5, 0.6) is 0 Å². The average Bonchev–Trinajstić information content (AvgIpc) is 2.23. The molecule has 1 aromatic rings. The van der Waals surface area contributed by atoms with Crippen molar-refractivity contribution < 1.29 is 0 Å². The molecule has 0 spiro atoms. The molecule has 0 aliphatic carbocycles. The number of aromatic nitrogens is 2. The van der Waals surface area contributed by atoms with Crippen molar-refractivity contribution in [3.63, 3.8) is 0 Å². The monoisotopic (exact) mass is 116 g/mol. The second-order valence-corrected chi connectivity index (χ2v) is 1.18. The Morgan fingerprint density at radius 3 is 1.71 bits per heavy atom. The fourth-order valence-electron chi connectivity index (χ4n) is 0.136. The molecule has 0 aliphatic rings. The van der Waals surface area contributed by atoms with Crippen LogP contribution in [0.15, 0.2) is 12.4 Å². The first-order chi connectivity index (χ1) is 3.50. The SMILES string of the molecule is CC.c1cnsn1. The standard InChI is InChI=1S/C2H2N2S.C2H6/c1-2-4-5-3-1;1-2/h1-2H;1-2H3. The van der Waals surface area contributed by atoms with Crippen molar-refractivity contribution in [2.75, 3.05) is 0 Å². The van der Waals surface area contributed by atoms with Gasteiger partial charge in [0, 0.05) is 0 Å². The van der Waals surface area contributed by atoms with Crippen LogP contribution in [0.1, 0.15) is 13.8 Å². The van der Waals surface area contributed by atoms with E-state index in [-0.39, 0.29) is 0 Å². The smallest absolute Gasteiger partial charge is 0.0679 e. The van der Waals surface area contributed by atoms with Gasteiger partial charge in [-0.15, -0.1) is 0 Å². The first-order valence-corrected chi connectivity index (χ1v) is 2.95. The van der Waals surface area contributed by atoms with E-state index in [4.69, 9.17) is 0 Å². The Morgan fingerprint density at radius 2 is 1.57 bits per heavy atom. The molecule has 0 saturated heterocycles. The third kappa shape index (κ3) is 3.39. The Morgan fingerprint density at radius 1 is 1.14 bits per heavy atom. The molecule has 0 fully saturated rings. The number of nitrogens with zero attached hydrogens (tertiary/aromatic N) is 2. The minimum Gasteiger partial charge on any atom is -0.182 e. The predicted molar refractivity (Wildman–Crippen MR) is 31.3 cm³/mol. The molecule has 3 heteroatoms. The zero-order chi connectivity index (χ0) is 5.54. The van der Waals surface area contributed by atoms with Gasteiger partial charge in [-0.1, -0.05) is 13.8 Å². The van der Waals surface area contributed by atoms with Gasteiger partial charge in [0.05, 0.1) is 24.1 Å². The molecule has 0 bridgehead atoms. The lowest BCUT2D eigenvalue weighted by Crippen LogP contribution is -1.32. The van der Waals surface area contributed by atoms with E-state index in [1.165, 1.54) is 11.7 Å². The van der Waals surface area contributed by atoms with Crippen LogP contribution in [0.2, 0.25) is 0 Å². The number of hydrogen-bond donors (Lipinski definition) is 0. The summed E-state index contributed by atoms with van der Waals surface area (Å²) >= 11 is 1.21. The molecule has 0 N–H and O–H groups in total. The Labute approximate surface area is 47.5 Å². The molecule has 1 aromatic heterocycles. The van der Waals surface area contributed by atoms with Crippen LogP contribution in [0.3, 0.4) is 0 Å². The average molecular weight is 116 g/mol. The molecule has 0 amide bonds. The van der Waals surface area contributed by atoms with Crippen molar-refractivity contribution in [2.24, 2.45) is 0 Å². The lowest BCUT2D eigenvalue weighted by Gasteiger charge is -1.39. The Balaban J connectivity index is 0.000000162. The molecule has 0 unspecified atom stereocenters. The first-order valence-electron chi connectivity index (χ1n) is 2.21. The molecule has 0 aliphatic heterocycles. The fourth-order valence-corrected chi connectivity index (χ4v) is 0.408. The largest absolute Gasteiger partial charge is 0.182 e. The Bertz CT molecular complexity index is 66.2. The third-order valence-electron chi connectivity index (χ3n) is 0.283. The lowest BCUT2D eigenvalue weighted by molar-refractivity contribution is 1.50. The number of hydrogen-bond acceptors (Lipinski definition) is 3. The van der Waals surface area contributed by atoms with Gasteiger partial charge in [-0.2, -0.15) is 8.75 Å². The lowest BCUT2D eigenvalue weighted by atomic mass is 11.0. The van der Waals surface area contributed by atoms with Crippen LogP contribution < -0.4 is 0 Å². The summed E-state index contributed by atoms with van der Waals surface area (Å²) in [6.45, 7) is 4.00. The van der Waals surface area contributed by atoms with Crippen LogP contribution >= 0.6 is 11.7 Å². The van der Waals surface area contributed by atoms with Gasteiger partial charge in [0.1, 0.15) is 0 Å². The van der Waals surface area contributed by atoms with Crippen LogP contribution in [0.4, 0.5) is 0 Å². The maximum Gasteiger partial charge on any atom is 0.0679 e. The van der Waals surface area contributed by atoms with Gasteiger partial charge >= 0.3 is 0 Å². The molecule has 1 heterocycles. The summed E-state index contributed by atoms with van der Waals surface area (Å²) in [6.07, 6.45) is 3.31. The van der Waals surface area contributed by atoms with E-state index in [1.54, 1.807) is 12.4 Å². The number of rotatable bonds is 0. The molecule has 40 valence electrons. The Hall–Kier alpha value is -0.440. The summed E-state index contributed by atoms with van der Waals surface area (Å²) in [6, 6.07) is 0. The molecule has 0 saturated carbocycles. The highest BCUT2D eigenvalue weighted by molar-refractivity contribution is 6.98. The fraction of sp³-hybridized carbons (Fsp3) is 0.500. The van der Waals surface area contributed by atoms with Crippen molar-refractivity contribution in [1.82, 2.24) is 8.75 Å². The van der Waals surface area contributed by atoms with Crippen molar-refractivity contribution in [3.8, 4) is 0 Å². The second kappa shape index (κ2) is 5.56. The van der Waals surface area contributed by atoms with Gasteiger partial charge in [-0.3, -0.25) is 0 Å². The molecule has 1 rings (SSSR count). The molecular formula is C4H8N2S. The van der Waals surface area contributed by atoms with E-state index in [1.807, 2.05) is 13.8 Å². The molecule has 0 aromatic carbocycles. The van der Waals surface area contributed by atoms with Gasteiger partial charge in [0.2, 0.25) is 0 Å². The zero-order valence-electron chi connectivity index (χ0n) is 4.46. The van der Waals surface area contributed by atoms with E-state index in [0.29, 0.717) is 0 Å².